The van der Waals surface area contributed by atoms with Gasteiger partial charge in [-0.1, -0.05) is 62.2 Å². The molecule has 0 fully saturated rings. The molecular weight excluding hydrogens is 478 g/mol. The van der Waals surface area contributed by atoms with Gasteiger partial charge in [0.25, 0.3) is 0 Å². The molecular formula is C27H34ClN5O3. The van der Waals surface area contributed by atoms with Gasteiger partial charge in [0, 0.05) is 37.4 Å². The summed E-state index contributed by atoms with van der Waals surface area (Å²) in [6.45, 7) is 8.81. The van der Waals surface area contributed by atoms with E-state index >= 15 is 0 Å². The summed E-state index contributed by atoms with van der Waals surface area (Å²) in [4.78, 5) is 27.6. The van der Waals surface area contributed by atoms with Gasteiger partial charge in [0.1, 0.15) is 12.4 Å². The molecule has 0 spiro atoms. The number of amides is 3. The SMILES string of the molecule is COCCCN(CC(=O)Nc1cc(C(C)(C)C)nn1-c1ccccc1Cl)C(=O)Nc1ccc(C)cc1. The monoisotopic (exact) mass is 511 g/mol. The minimum atomic E-state index is -0.361. The van der Waals surface area contributed by atoms with Crippen LogP contribution in [0.5, 0.6) is 0 Å². The molecule has 0 aliphatic rings. The van der Waals surface area contributed by atoms with E-state index in [0.717, 1.165) is 11.3 Å². The van der Waals surface area contributed by atoms with Gasteiger partial charge in [0.05, 0.1) is 16.4 Å². The molecule has 0 saturated heterocycles. The molecule has 3 aromatic rings. The summed E-state index contributed by atoms with van der Waals surface area (Å²) in [6.07, 6.45) is 0.594. The van der Waals surface area contributed by atoms with Crippen LogP contribution in [0, 0.1) is 6.92 Å². The number of carbonyl (C=O) groups excluding carboxylic acids is 2. The van der Waals surface area contributed by atoms with Crippen molar-refractivity contribution in [2.45, 2.75) is 39.5 Å². The van der Waals surface area contributed by atoms with Crippen molar-refractivity contribution in [3.63, 3.8) is 0 Å². The normalized spacial score (nSPS) is 11.3. The summed E-state index contributed by atoms with van der Waals surface area (Å²) in [5, 5.41) is 11.0. The standard InChI is InChI=1S/C27H34ClN5O3/c1-19-11-13-20(14-12-19)29-26(35)32(15-8-16-36-5)18-25(34)30-24-17-23(27(2,3)4)31-33(24)22-10-7-6-9-21(22)28/h6-7,9-14,17H,8,15-16,18H2,1-5H3,(H,29,35)(H,30,34). The molecule has 0 aliphatic heterocycles. The lowest BCUT2D eigenvalue weighted by Gasteiger charge is -2.23. The van der Waals surface area contributed by atoms with E-state index in [-0.39, 0.29) is 23.9 Å². The number of nitrogens with zero attached hydrogens (tertiary/aromatic N) is 3. The molecule has 1 aromatic heterocycles. The number of hydrogen-bond donors (Lipinski definition) is 2. The highest BCUT2D eigenvalue weighted by Crippen LogP contribution is 2.29. The Morgan fingerprint density at radius 3 is 2.42 bits per heavy atom. The molecule has 2 N–H and O–H groups in total. The molecule has 2 aromatic carbocycles. The van der Waals surface area contributed by atoms with Crippen LogP contribution in [0.2, 0.25) is 5.02 Å². The van der Waals surface area contributed by atoms with Crippen molar-refractivity contribution in [2.24, 2.45) is 0 Å². The van der Waals surface area contributed by atoms with E-state index in [9.17, 15) is 9.59 Å². The highest BCUT2D eigenvalue weighted by Gasteiger charge is 2.24. The number of halogens is 1. The second kappa shape index (κ2) is 12.1. The van der Waals surface area contributed by atoms with Gasteiger partial charge < -0.3 is 20.3 Å². The molecule has 0 bridgehead atoms. The Balaban J connectivity index is 1.81. The second-order valence-electron chi connectivity index (χ2n) is 9.64. The lowest BCUT2D eigenvalue weighted by Crippen LogP contribution is -2.41. The summed E-state index contributed by atoms with van der Waals surface area (Å²) in [5.41, 5.74) is 2.96. The first kappa shape index (κ1) is 27.2. The molecule has 3 amide bonds. The highest BCUT2D eigenvalue weighted by molar-refractivity contribution is 6.32. The van der Waals surface area contributed by atoms with Gasteiger partial charge in [-0.25, -0.2) is 9.48 Å². The molecule has 0 saturated carbocycles. The van der Waals surface area contributed by atoms with Gasteiger partial charge in [0.15, 0.2) is 0 Å². The van der Waals surface area contributed by atoms with Crippen LogP contribution in [0.15, 0.2) is 54.6 Å². The van der Waals surface area contributed by atoms with Crippen LogP contribution in [0.1, 0.15) is 38.4 Å². The molecule has 1 heterocycles. The Hall–Kier alpha value is -3.36. The minimum absolute atomic E-state index is 0.139. The largest absolute Gasteiger partial charge is 0.385 e. The predicted molar refractivity (Wildman–Crippen MR) is 144 cm³/mol. The van der Waals surface area contributed by atoms with Crippen LogP contribution in [0.3, 0.4) is 0 Å². The number of para-hydroxylation sites is 1. The average molecular weight is 512 g/mol. The lowest BCUT2D eigenvalue weighted by molar-refractivity contribution is -0.116. The van der Waals surface area contributed by atoms with Crippen LogP contribution >= 0.6 is 11.6 Å². The highest BCUT2D eigenvalue weighted by atomic mass is 35.5. The van der Waals surface area contributed by atoms with E-state index in [0.29, 0.717) is 41.8 Å². The number of aromatic nitrogens is 2. The number of benzene rings is 2. The number of aryl methyl sites for hydroxylation is 1. The maximum atomic E-state index is 13.1. The van der Waals surface area contributed by atoms with Gasteiger partial charge in [-0.3, -0.25) is 4.79 Å². The van der Waals surface area contributed by atoms with Crippen LogP contribution in [0.25, 0.3) is 5.69 Å². The molecule has 36 heavy (non-hydrogen) atoms. The van der Waals surface area contributed by atoms with E-state index in [1.807, 2.05) is 76.2 Å². The van der Waals surface area contributed by atoms with Crippen LogP contribution in [-0.4, -0.2) is 53.4 Å². The Labute approximate surface area is 217 Å². The van der Waals surface area contributed by atoms with E-state index in [1.54, 1.807) is 17.9 Å². The first-order valence-corrected chi connectivity index (χ1v) is 12.2. The topological polar surface area (TPSA) is 88.5 Å². The van der Waals surface area contributed by atoms with Crippen molar-refractivity contribution >= 4 is 35.0 Å². The third kappa shape index (κ3) is 7.32. The zero-order valence-electron chi connectivity index (χ0n) is 21.5. The summed E-state index contributed by atoms with van der Waals surface area (Å²) in [5.74, 6) is 0.133. The average Bonchev–Trinajstić information content (AvgIpc) is 3.24. The van der Waals surface area contributed by atoms with Crippen molar-refractivity contribution < 1.29 is 14.3 Å². The quantitative estimate of drug-likeness (QED) is 0.364. The molecule has 0 atom stereocenters. The van der Waals surface area contributed by atoms with Crippen LogP contribution in [-0.2, 0) is 14.9 Å². The molecule has 0 unspecified atom stereocenters. The van der Waals surface area contributed by atoms with Crippen molar-refractivity contribution in [1.29, 1.82) is 0 Å². The van der Waals surface area contributed by atoms with Crippen molar-refractivity contribution in [1.82, 2.24) is 14.7 Å². The minimum Gasteiger partial charge on any atom is -0.385 e. The number of rotatable bonds is 9. The molecule has 8 nitrogen and oxygen atoms in total. The third-order valence-electron chi connectivity index (χ3n) is 5.53. The molecule has 9 heteroatoms. The van der Waals surface area contributed by atoms with Crippen molar-refractivity contribution in [3.8, 4) is 5.69 Å². The maximum absolute atomic E-state index is 13.1. The molecule has 0 radical (unpaired) electrons. The Morgan fingerprint density at radius 2 is 1.78 bits per heavy atom. The number of nitrogens with one attached hydrogen (secondary N) is 2. The summed E-state index contributed by atoms with van der Waals surface area (Å²) in [6, 6.07) is 16.3. The van der Waals surface area contributed by atoms with Gasteiger partial charge in [-0.2, -0.15) is 5.10 Å². The Morgan fingerprint density at radius 1 is 1.08 bits per heavy atom. The lowest BCUT2D eigenvalue weighted by atomic mass is 9.92. The molecule has 3 rings (SSSR count). The second-order valence-corrected chi connectivity index (χ2v) is 10.0. The van der Waals surface area contributed by atoms with Gasteiger partial charge >= 0.3 is 6.03 Å². The predicted octanol–water partition coefficient (Wildman–Crippen LogP) is 5.64. The summed E-state index contributed by atoms with van der Waals surface area (Å²) in [7, 11) is 1.60. The smallest absolute Gasteiger partial charge is 0.322 e. The maximum Gasteiger partial charge on any atom is 0.322 e. The van der Waals surface area contributed by atoms with Gasteiger partial charge in [-0.15, -0.1) is 0 Å². The fourth-order valence-corrected chi connectivity index (χ4v) is 3.71. The molecule has 192 valence electrons. The van der Waals surface area contributed by atoms with Crippen LogP contribution < -0.4 is 10.6 Å². The zero-order chi connectivity index (χ0) is 26.3. The fraction of sp³-hybridized carbons (Fsp3) is 0.370. The Kier molecular flexibility index (Phi) is 9.12. The number of hydrogen-bond acceptors (Lipinski definition) is 4. The van der Waals surface area contributed by atoms with E-state index in [1.165, 1.54) is 4.90 Å². The first-order valence-electron chi connectivity index (χ1n) is 11.9. The Bertz CT molecular complexity index is 1180. The third-order valence-corrected chi connectivity index (χ3v) is 5.85. The van der Waals surface area contributed by atoms with Gasteiger partial charge in [-0.05, 0) is 37.6 Å². The number of urea groups is 1. The van der Waals surface area contributed by atoms with Crippen molar-refractivity contribution in [3.05, 3.63) is 70.9 Å². The summed E-state index contributed by atoms with van der Waals surface area (Å²) >= 11 is 6.43. The van der Waals surface area contributed by atoms with E-state index in [2.05, 4.69) is 10.6 Å². The van der Waals surface area contributed by atoms with E-state index in [4.69, 9.17) is 21.4 Å². The molecule has 0 aliphatic carbocycles. The fourth-order valence-electron chi connectivity index (χ4n) is 3.49. The summed E-state index contributed by atoms with van der Waals surface area (Å²) < 4.78 is 6.76. The number of ether oxygens (including phenoxy) is 1. The first-order chi connectivity index (χ1) is 17.1. The van der Waals surface area contributed by atoms with Crippen LogP contribution in [0.4, 0.5) is 16.3 Å². The van der Waals surface area contributed by atoms with E-state index < -0.39 is 0 Å². The number of methoxy groups -OCH3 is 1. The zero-order valence-corrected chi connectivity index (χ0v) is 22.2. The number of carbonyl (C=O) groups is 2. The van der Waals surface area contributed by atoms with Gasteiger partial charge in [0.2, 0.25) is 5.91 Å². The number of anilines is 2. The van der Waals surface area contributed by atoms with Crippen molar-refractivity contribution in [2.75, 3.05) is 37.4 Å².